The van der Waals surface area contributed by atoms with Crippen LogP contribution in [0.2, 0.25) is 0 Å². The van der Waals surface area contributed by atoms with Crippen molar-refractivity contribution in [2.75, 3.05) is 11.9 Å². The summed E-state index contributed by atoms with van der Waals surface area (Å²) in [6.07, 6.45) is 2.47. The predicted molar refractivity (Wildman–Crippen MR) is 63.9 cm³/mol. The van der Waals surface area contributed by atoms with Gasteiger partial charge in [-0.25, -0.2) is 4.79 Å². The van der Waals surface area contributed by atoms with Crippen LogP contribution in [0.15, 0.2) is 12.3 Å². The number of nitrogens with one attached hydrogen (secondary N) is 1. The van der Waals surface area contributed by atoms with Crippen molar-refractivity contribution in [2.24, 2.45) is 5.92 Å². The molecule has 1 rings (SSSR count). The molecule has 0 saturated carbocycles. The summed E-state index contributed by atoms with van der Waals surface area (Å²) in [5, 5.41) is 12.2. The second-order valence-corrected chi connectivity index (χ2v) is 4.07. The third kappa shape index (κ3) is 3.22. The van der Waals surface area contributed by atoms with E-state index in [4.69, 9.17) is 5.11 Å². The summed E-state index contributed by atoms with van der Waals surface area (Å²) < 4.78 is 0. The van der Waals surface area contributed by atoms with Crippen molar-refractivity contribution >= 4 is 11.7 Å². The van der Waals surface area contributed by atoms with Crippen LogP contribution in [0, 0.1) is 12.8 Å². The van der Waals surface area contributed by atoms with E-state index < -0.39 is 5.97 Å². The molecule has 1 aromatic rings. The molecule has 0 aromatic carbocycles. The van der Waals surface area contributed by atoms with Crippen LogP contribution in [0.5, 0.6) is 0 Å². The lowest BCUT2D eigenvalue weighted by Crippen LogP contribution is -2.13. The second-order valence-electron chi connectivity index (χ2n) is 4.07. The summed E-state index contributed by atoms with van der Waals surface area (Å²) in [4.78, 5) is 15.0. The van der Waals surface area contributed by atoms with Crippen molar-refractivity contribution in [3.63, 3.8) is 0 Å². The van der Waals surface area contributed by atoms with Crippen molar-refractivity contribution in [2.45, 2.75) is 27.2 Å². The number of hydrogen-bond acceptors (Lipinski definition) is 3. The van der Waals surface area contributed by atoms with Gasteiger partial charge in [0, 0.05) is 18.4 Å². The average molecular weight is 222 g/mol. The number of anilines is 1. The largest absolute Gasteiger partial charge is 0.478 e. The van der Waals surface area contributed by atoms with Crippen molar-refractivity contribution in [3.8, 4) is 0 Å². The van der Waals surface area contributed by atoms with E-state index in [9.17, 15) is 4.79 Å². The molecule has 0 aliphatic heterocycles. The molecule has 1 unspecified atom stereocenters. The molecule has 1 aromatic heterocycles. The summed E-state index contributed by atoms with van der Waals surface area (Å²) in [5.74, 6) is -0.422. The van der Waals surface area contributed by atoms with Gasteiger partial charge in [0.2, 0.25) is 0 Å². The van der Waals surface area contributed by atoms with Gasteiger partial charge in [-0.3, -0.25) is 4.98 Å². The third-order valence-corrected chi connectivity index (χ3v) is 2.61. The Hall–Kier alpha value is -1.58. The van der Waals surface area contributed by atoms with Crippen LogP contribution >= 0.6 is 0 Å². The van der Waals surface area contributed by atoms with E-state index in [0.29, 0.717) is 11.6 Å². The Bertz CT molecular complexity index is 377. The summed E-state index contributed by atoms with van der Waals surface area (Å²) in [6, 6.07) is 1.77. The van der Waals surface area contributed by atoms with Crippen LogP contribution in [0.3, 0.4) is 0 Å². The molecular weight excluding hydrogens is 204 g/mol. The van der Waals surface area contributed by atoms with Gasteiger partial charge in [-0.05, 0) is 18.9 Å². The minimum Gasteiger partial charge on any atom is -0.478 e. The van der Waals surface area contributed by atoms with Gasteiger partial charge in [0.15, 0.2) is 0 Å². The molecule has 0 aliphatic carbocycles. The minimum absolute atomic E-state index is 0.230. The molecule has 0 amide bonds. The standard InChI is InChI=1S/C12H18N2O2/c1-4-8(2)6-14-11-5-9(3)13-7-10(11)12(15)16/h5,7-8H,4,6H2,1-3H3,(H,13,14)(H,15,16). The second kappa shape index (κ2) is 5.49. The third-order valence-electron chi connectivity index (χ3n) is 2.61. The van der Waals surface area contributed by atoms with Crippen LogP contribution < -0.4 is 5.32 Å². The van der Waals surface area contributed by atoms with Gasteiger partial charge in [-0.2, -0.15) is 0 Å². The lowest BCUT2D eigenvalue weighted by Gasteiger charge is -2.13. The fourth-order valence-corrected chi connectivity index (χ4v) is 1.31. The van der Waals surface area contributed by atoms with Crippen LogP contribution in [0.4, 0.5) is 5.69 Å². The highest BCUT2D eigenvalue weighted by Crippen LogP contribution is 2.16. The molecular formula is C12H18N2O2. The molecule has 0 bridgehead atoms. The molecule has 88 valence electrons. The number of carbonyl (C=O) groups is 1. The number of pyridine rings is 1. The Morgan fingerprint density at radius 3 is 2.88 bits per heavy atom. The summed E-state index contributed by atoms with van der Waals surface area (Å²) in [5.41, 5.74) is 1.70. The maximum Gasteiger partial charge on any atom is 0.339 e. The SMILES string of the molecule is CCC(C)CNc1cc(C)ncc1C(=O)O. The molecule has 1 atom stereocenters. The van der Waals surface area contributed by atoms with E-state index in [1.165, 1.54) is 6.20 Å². The molecule has 0 spiro atoms. The fraction of sp³-hybridized carbons (Fsp3) is 0.500. The van der Waals surface area contributed by atoms with Crippen LogP contribution in [0.25, 0.3) is 0 Å². The molecule has 4 heteroatoms. The Morgan fingerprint density at radius 2 is 2.31 bits per heavy atom. The zero-order valence-corrected chi connectivity index (χ0v) is 9.95. The highest BCUT2D eigenvalue weighted by molar-refractivity contribution is 5.93. The zero-order chi connectivity index (χ0) is 12.1. The monoisotopic (exact) mass is 222 g/mol. The van der Waals surface area contributed by atoms with E-state index in [1.54, 1.807) is 6.07 Å². The first kappa shape index (κ1) is 12.5. The number of rotatable bonds is 5. The summed E-state index contributed by atoms with van der Waals surface area (Å²) in [7, 11) is 0. The minimum atomic E-state index is -0.945. The maximum atomic E-state index is 11.0. The van der Waals surface area contributed by atoms with Gasteiger partial charge in [-0.1, -0.05) is 20.3 Å². The summed E-state index contributed by atoms with van der Waals surface area (Å²) in [6.45, 7) is 6.87. The number of nitrogens with zero attached hydrogens (tertiary/aromatic N) is 1. The van der Waals surface area contributed by atoms with E-state index in [-0.39, 0.29) is 5.56 Å². The molecule has 0 radical (unpaired) electrons. The number of carboxylic acid groups (broad SMARTS) is 1. The molecule has 0 saturated heterocycles. The van der Waals surface area contributed by atoms with Gasteiger partial charge in [-0.15, -0.1) is 0 Å². The fourth-order valence-electron chi connectivity index (χ4n) is 1.31. The van der Waals surface area contributed by atoms with Crippen molar-refractivity contribution in [3.05, 3.63) is 23.5 Å². The normalized spacial score (nSPS) is 12.2. The average Bonchev–Trinajstić information content (AvgIpc) is 2.25. The number of aryl methyl sites for hydroxylation is 1. The molecule has 0 fully saturated rings. The highest BCUT2D eigenvalue weighted by atomic mass is 16.4. The summed E-state index contributed by atoms with van der Waals surface area (Å²) >= 11 is 0. The van der Waals surface area contributed by atoms with Crippen molar-refractivity contribution in [1.29, 1.82) is 0 Å². The first-order chi connectivity index (χ1) is 7.54. The van der Waals surface area contributed by atoms with Crippen LogP contribution in [0.1, 0.15) is 36.3 Å². The molecule has 4 nitrogen and oxygen atoms in total. The molecule has 16 heavy (non-hydrogen) atoms. The highest BCUT2D eigenvalue weighted by Gasteiger charge is 2.11. The Balaban J connectivity index is 2.84. The van der Waals surface area contributed by atoms with Gasteiger partial charge in [0.05, 0.1) is 5.69 Å². The number of aromatic nitrogens is 1. The topological polar surface area (TPSA) is 62.2 Å². The van der Waals surface area contributed by atoms with Gasteiger partial charge in [0.25, 0.3) is 0 Å². The molecule has 2 N–H and O–H groups in total. The van der Waals surface area contributed by atoms with Crippen LogP contribution in [-0.4, -0.2) is 22.6 Å². The zero-order valence-electron chi connectivity index (χ0n) is 9.95. The lowest BCUT2D eigenvalue weighted by molar-refractivity contribution is 0.0697. The number of carboxylic acids is 1. The number of hydrogen-bond donors (Lipinski definition) is 2. The van der Waals surface area contributed by atoms with Gasteiger partial charge < -0.3 is 10.4 Å². The van der Waals surface area contributed by atoms with Crippen molar-refractivity contribution < 1.29 is 9.90 Å². The Morgan fingerprint density at radius 1 is 1.62 bits per heavy atom. The van der Waals surface area contributed by atoms with Crippen LogP contribution in [-0.2, 0) is 0 Å². The van der Waals surface area contributed by atoms with E-state index in [1.807, 2.05) is 6.92 Å². The predicted octanol–water partition coefficient (Wildman–Crippen LogP) is 2.55. The first-order valence-electron chi connectivity index (χ1n) is 5.48. The number of aromatic carboxylic acids is 1. The quantitative estimate of drug-likeness (QED) is 0.803. The Labute approximate surface area is 95.7 Å². The van der Waals surface area contributed by atoms with E-state index >= 15 is 0 Å². The smallest absolute Gasteiger partial charge is 0.339 e. The van der Waals surface area contributed by atoms with E-state index in [0.717, 1.165) is 18.7 Å². The van der Waals surface area contributed by atoms with Crippen molar-refractivity contribution in [1.82, 2.24) is 4.98 Å². The Kier molecular flexibility index (Phi) is 4.28. The molecule has 0 aliphatic rings. The van der Waals surface area contributed by atoms with E-state index in [2.05, 4.69) is 24.1 Å². The van der Waals surface area contributed by atoms with Gasteiger partial charge in [0.1, 0.15) is 5.56 Å². The van der Waals surface area contributed by atoms with Gasteiger partial charge >= 0.3 is 5.97 Å². The first-order valence-corrected chi connectivity index (χ1v) is 5.48. The maximum absolute atomic E-state index is 11.0. The molecule has 1 heterocycles. The lowest BCUT2D eigenvalue weighted by atomic mass is 10.1.